The van der Waals surface area contributed by atoms with Gasteiger partial charge in [0.05, 0.1) is 23.2 Å². The number of amides is 1. The first-order valence-electron chi connectivity index (χ1n) is 7.79. The molecule has 2 N–H and O–H groups in total. The Balaban J connectivity index is 1.92. The van der Waals surface area contributed by atoms with Crippen LogP contribution in [0, 0.1) is 18.8 Å². The zero-order valence-electron chi connectivity index (χ0n) is 13.5. The zero-order chi connectivity index (χ0) is 17.4. The molecule has 1 aliphatic carbocycles. The number of nitrogens with zero attached hydrogens (tertiary/aromatic N) is 2. The Morgan fingerprint density at radius 3 is 2.33 bits per heavy atom. The first-order valence-corrected chi connectivity index (χ1v) is 7.79. The van der Waals surface area contributed by atoms with Crippen molar-refractivity contribution in [3.8, 4) is 5.69 Å². The average Bonchev–Trinajstić information content (AvgIpc) is 2.70. The van der Waals surface area contributed by atoms with E-state index in [1.165, 1.54) is 4.68 Å². The summed E-state index contributed by atoms with van der Waals surface area (Å²) in [5, 5.41) is 11.7. The predicted octanol–water partition coefficient (Wildman–Crippen LogP) is 1.53. The van der Waals surface area contributed by atoms with Crippen LogP contribution in [0.2, 0.25) is 0 Å². The molecular formula is C17H19N3O4. The van der Waals surface area contributed by atoms with Crippen LogP contribution in [0.25, 0.3) is 5.69 Å². The summed E-state index contributed by atoms with van der Waals surface area (Å²) in [5.41, 5.74) is 1.17. The Labute approximate surface area is 138 Å². The van der Waals surface area contributed by atoms with Gasteiger partial charge in [-0.2, -0.15) is 0 Å². The van der Waals surface area contributed by atoms with Gasteiger partial charge in [-0.05, 0) is 31.9 Å². The molecule has 1 aromatic carbocycles. The number of carboxylic acid groups (broad SMARTS) is 1. The third kappa shape index (κ3) is 2.51. The van der Waals surface area contributed by atoms with Crippen molar-refractivity contribution in [2.75, 3.05) is 5.32 Å². The fraction of sp³-hybridized carbons (Fsp3) is 0.353. The maximum atomic E-state index is 12.7. The number of hydrogen-bond acceptors (Lipinski definition) is 3. The van der Waals surface area contributed by atoms with E-state index in [1.807, 2.05) is 18.2 Å². The summed E-state index contributed by atoms with van der Waals surface area (Å²) in [6.07, 6.45) is 1.02. The molecule has 1 fully saturated rings. The Kier molecular flexibility index (Phi) is 4.01. The molecule has 126 valence electrons. The molecule has 1 saturated carbocycles. The summed E-state index contributed by atoms with van der Waals surface area (Å²) in [6.45, 7) is 1.74. The van der Waals surface area contributed by atoms with Gasteiger partial charge in [0.25, 0.3) is 5.56 Å². The van der Waals surface area contributed by atoms with Crippen LogP contribution in [-0.4, -0.2) is 26.3 Å². The number of anilines is 1. The van der Waals surface area contributed by atoms with Crippen molar-refractivity contribution < 1.29 is 14.7 Å². The second-order valence-corrected chi connectivity index (χ2v) is 6.05. The molecule has 1 amide bonds. The second-order valence-electron chi connectivity index (χ2n) is 6.05. The molecule has 2 aromatic rings. The van der Waals surface area contributed by atoms with Crippen LogP contribution in [0.5, 0.6) is 0 Å². The van der Waals surface area contributed by atoms with Crippen LogP contribution in [0.1, 0.15) is 18.5 Å². The number of hydrogen-bond donors (Lipinski definition) is 2. The number of para-hydroxylation sites is 1. The summed E-state index contributed by atoms with van der Waals surface area (Å²) in [6, 6.07) is 9.12. The lowest BCUT2D eigenvalue weighted by Crippen LogP contribution is -2.41. The van der Waals surface area contributed by atoms with Crippen molar-refractivity contribution in [3.63, 3.8) is 0 Å². The highest BCUT2D eigenvalue weighted by Crippen LogP contribution is 2.35. The van der Waals surface area contributed by atoms with Crippen LogP contribution in [0.4, 0.5) is 5.69 Å². The van der Waals surface area contributed by atoms with Gasteiger partial charge in [0.2, 0.25) is 5.91 Å². The molecule has 0 saturated heterocycles. The minimum atomic E-state index is -0.965. The summed E-state index contributed by atoms with van der Waals surface area (Å²) in [5.74, 6) is -2.61. The van der Waals surface area contributed by atoms with E-state index in [9.17, 15) is 14.4 Å². The lowest BCUT2D eigenvalue weighted by Gasteiger charge is -2.31. The van der Waals surface area contributed by atoms with Crippen molar-refractivity contribution in [2.45, 2.75) is 19.8 Å². The van der Waals surface area contributed by atoms with Gasteiger partial charge in [-0.3, -0.25) is 19.1 Å². The Morgan fingerprint density at radius 1 is 1.17 bits per heavy atom. The fourth-order valence-corrected chi connectivity index (χ4v) is 3.04. The van der Waals surface area contributed by atoms with E-state index in [4.69, 9.17) is 5.11 Å². The third-order valence-corrected chi connectivity index (χ3v) is 4.73. The Bertz CT molecular complexity index is 851. The van der Waals surface area contributed by atoms with Crippen molar-refractivity contribution in [1.29, 1.82) is 0 Å². The van der Waals surface area contributed by atoms with Crippen LogP contribution in [0.3, 0.4) is 0 Å². The van der Waals surface area contributed by atoms with Crippen LogP contribution in [0.15, 0.2) is 35.1 Å². The van der Waals surface area contributed by atoms with Gasteiger partial charge in [0, 0.05) is 7.05 Å². The molecule has 7 nitrogen and oxygen atoms in total. The predicted molar refractivity (Wildman–Crippen MR) is 88.2 cm³/mol. The van der Waals surface area contributed by atoms with E-state index in [1.54, 1.807) is 30.8 Å². The smallest absolute Gasteiger partial charge is 0.307 e. The van der Waals surface area contributed by atoms with E-state index >= 15 is 0 Å². The van der Waals surface area contributed by atoms with Gasteiger partial charge in [-0.25, -0.2) is 4.68 Å². The number of rotatable bonds is 4. The van der Waals surface area contributed by atoms with Gasteiger partial charge < -0.3 is 10.4 Å². The second kappa shape index (κ2) is 5.99. The number of carbonyl (C=O) groups is 2. The molecular weight excluding hydrogens is 310 g/mol. The van der Waals surface area contributed by atoms with E-state index < -0.39 is 23.7 Å². The number of carbonyl (C=O) groups excluding carboxylic acids is 1. The number of carboxylic acids is 1. The van der Waals surface area contributed by atoms with Gasteiger partial charge >= 0.3 is 5.97 Å². The lowest BCUT2D eigenvalue weighted by molar-refractivity contribution is -0.151. The molecule has 7 heteroatoms. The molecule has 0 bridgehead atoms. The Morgan fingerprint density at radius 2 is 1.79 bits per heavy atom. The highest BCUT2D eigenvalue weighted by molar-refractivity contribution is 5.96. The number of aliphatic carboxylic acids is 1. The molecule has 24 heavy (non-hydrogen) atoms. The van der Waals surface area contributed by atoms with Crippen LogP contribution >= 0.6 is 0 Å². The normalized spacial score (nSPS) is 19.6. The monoisotopic (exact) mass is 329 g/mol. The first-order chi connectivity index (χ1) is 11.4. The fourth-order valence-electron chi connectivity index (χ4n) is 3.04. The molecule has 1 aliphatic rings. The zero-order valence-corrected chi connectivity index (χ0v) is 13.5. The molecule has 1 aromatic heterocycles. The van der Waals surface area contributed by atoms with Gasteiger partial charge in [-0.1, -0.05) is 18.2 Å². The molecule has 1 heterocycles. The lowest BCUT2D eigenvalue weighted by atomic mass is 9.73. The van der Waals surface area contributed by atoms with Crippen molar-refractivity contribution >= 4 is 17.6 Å². The Hall–Kier alpha value is -2.83. The van der Waals surface area contributed by atoms with Gasteiger partial charge in [0.15, 0.2) is 0 Å². The molecule has 2 unspecified atom stereocenters. The van der Waals surface area contributed by atoms with Crippen LogP contribution in [-0.2, 0) is 16.6 Å². The van der Waals surface area contributed by atoms with Crippen LogP contribution < -0.4 is 10.9 Å². The van der Waals surface area contributed by atoms with E-state index in [2.05, 4.69) is 5.32 Å². The molecule has 2 atom stereocenters. The molecule has 0 radical (unpaired) electrons. The third-order valence-electron chi connectivity index (χ3n) is 4.73. The maximum absolute atomic E-state index is 12.7. The van der Waals surface area contributed by atoms with Crippen molar-refractivity contribution in [2.24, 2.45) is 18.9 Å². The average molecular weight is 329 g/mol. The number of aromatic nitrogens is 2. The number of nitrogens with one attached hydrogen (secondary N) is 1. The SMILES string of the molecule is Cc1c(NC(=O)C2CCC2C(=O)O)c(=O)n(-c2ccccc2)n1C. The van der Waals surface area contributed by atoms with Gasteiger partial charge in [0.1, 0.15) is 5.69 Å². The number of benzene rings is 1. The first kappa shape index (κ1) is 16.0. The standard InChI is InChI=1S/C17H19N3O4/c1-10-14(18-15(21)12-8-9-13(12)17(23)24)16(22)20(19(10)2)11-6-4-3-5-7-11/h3-7,12-13H,8-9H2,1-2H3,(H,18,21)(H,23,24). The highest BCUT2D eigenvalue weighted by atomic mass is 16.4. The summed E-state index contributed by atoms with van der Waals surface area (Å²) >= 11 is 0. The topological polar surface area (TPSA) is 93.3 Å². The van der Waals surface area contributed by atoms with Gasteiger partial charge in [-0.15, -0.1) is 0 Å². The van der Waals surface area contributed by atoms with Crippen molar-refractivity contribution in [3.05, 3.63) is 46.4 Å². The molecule has 0 spiro atoms. The quantitative estimate of drug-likeness (QED) is 0.889. The van der Waals surface area contributed by atoms with E-state index in [-0.39, 0.29) is 11.2 Å². The van der Waals surface area contributed by atoms with E-state index in [0.717, 1.165) is 0 Å². The molecule has 0 aliphatic heterocycles. The highest BCUT2D eigenvalue weighted by Gasteiger charge is 2.41. The summed E-state index contributed by atoms with van der Waals surface area (Å²) in [4.78, 5) is 36.1. The largest absolute Gasteiger partial charge is 0.481 e. The minimum absolute atomic E-state index is 0.197. The molecule has 3 rings (SSSR count). The summed E-state index contributed by atoms with van der Waals surface area (Å²) < 4.78 is 3.14. The summed E-state index contributed by atoms with van der Waals surface area (Å²) in [7, 11) is 1.74. The maximum Gasteiger partial charge on any atom is 0.307 e. The minimum Gasteiger partial charge on any atom is -0.481 e. The van der Waals surface area contributed by atoms with Crippen molar-refractivity contribution in [1.82, 2.24) is 9.36 Å². The van der Waals surface area contributed by atoms with E-state index in [0.29, 0.717) is 24.2 Å².